The van der Waals surface area contributed by atoms with Crippen molar-refractivity contribution in [3.05, 3.63) is 54.1 Å². The quantitative estimate of drug-likeness (QED) is 0.842. The molecule has 0 spiro atoms. The van der Waals surface area contributed by atoms with Gasteiger partial charge in [0.2, 0.25) is 5.91 Å². The molecule has 2 aromatic carbocycles. The second-order valence-corrected chi connectivity index (χ2v) is 4.80. The normalized spacial score (nSPS) is 10.4. The van der Waals surface area contributed by atoms with Crippen molar-refractivity contribution in [3.63, 3.8) is 0 Å². The number of hydrogen-bond donors (Lipinski definition) is 1. The Morgan fingerprint density at radius 1 is 1.04 bits per heavy atom. The molecular weight excluding hydrogens is 304 g/mol. The highest BCUT2D eigenvalue weighted by molar-refractivity contribution is 5.90. The fraction of sp³-hybridized carbons (Fsp3) is 0.235. The van der Waals surface area contributed by atoms with E-state index in [2.05, 4.69) is 10.1 Å². The molecule has 0 aliphatic heterocycles. The monoisotopic (exact) mass is 321 g/mol. The molecule has 0 aromatic heterocycles. The molecule has 0 radical (unpaired) electrons. The summed E-state index contributed by atoms with van der Waals surface area (Å²) < 4.78 is 33.4. The Bertz CT molecular complexity index is 627. The Kier molecular flexibility index (Phi) is 5.91. The van der Waals surface area contributed by atoms with E-state index in [1.165, 1.54) is 24.3 Å². The van der Waals surface area contributed by atoms with Crippen molar-refractivity contribution in [2.24, 2.45) is 0 Å². The van der Waals surface area contributed by atoms with Gasteiger partial charge in [0.15, 0.2) is 0 Å². The van der Waals surface area contributed by atoms with Gasteiger partial charge in [0.25, 0.3) is 0 Å². The Balaban J connectivity index is 1.81. The maximum absolute atomic E-state index is 12.0. The van der Waals surface area contributed by atoms with Gasteiger partial charge in [-0.3, -0.25) is 4.79 Å². The summed E-state index contributed by atoms with van der Waals surface area (Å²) in [4.78, 5) is 11.9. The van der Waals surface area contributed by atoms with Gasteiger partial charge in [-0.25, -0.2) is 0 Å². The highest BCUT2D eigenvalue weighted by Gasteiger charge is 2.06. The first kappa shape index (κ1) is 16.7. The number of ether oxygens (including phenoxy) is 2. The number of benzene rings is 2. The molecule has 0 saturated carbocycles. The lowest BCUT2D eigenvalue weighted by atomic mass is 10.1. The summed E-state index contributed by atoms with van der Waals surface area (Å²) in [5.74, 6) is 0.670. The van der Waals surface area contributed by atoms with E-state index >= 15 is 0 Å². The van der Waals surface area contributed by atoms with E-state index in [0.717, 1.165) is 11.3 Å². The number of halogens is 2. The third-order valence-electron chi connectivity index (χ3n) is 3.16. The lowest BCUT2D eigenvalue weighted by Crippen LogP contribution is -2.12. The molecule has 23 heavy (non-hydrogen) atoms. The lowest BCUT2D eigenvalue weighted by molar-refractivity contribution is -0.116. The molecule has 1 N–H and O–H groups in total. The summed E-state index contributed by atoms with van der Waals surface area (Å²) in [6.07, 6.45) is 0.921. The van der Waals surface area contributed by atoms with Crippen molar-refractivity contribution >= 4 is 11.6 Å². The highest BCUT2D eigenvalue weighted by atomic mass is 19.3. The van der Waals surface area contributed by atoms with E-state index in [4.69, 9.17) is 4.74 Å². The zero-order chi connectivity index (χ0) is 16.7. The first-order valence-electron chi connectivity index (χ1n) is 7.04. The number of alkyl halides is 2. The van der Waals surface area contributed by atoms with Crippen molar-refractivity contribution in [1.82, 2.24) is 0 Å². The number of rotatable bonds is 7. The zero-order valence-electron chi connectivity index (χ0n) is 12.6. The topological polar surface area (TPSA) is 47.6 Å². The molecule has 0 unspecified atom stereocenters. The van der Waals surface area contributed by atoms with E-state index in [0.29, 0.717) is 18.5 Å². The molecule has 0 saturated heterocycles. The van der Waals surface area contributed by atoms with Gasteiger partial charge in [0.05, 0.1) is 7.11 Å². The van der Waals surface area contributed by atoms with E-state index in [-0.39, 0.29) is 11.7 Å². The fourth-order valence-corrected chi connectivity index (χ4v) is 1.99. The van der Waals surface area contributed by atoms with E-state index in [1.807, 2.05) is 24.3 Å². The molecule has 122 valence electrons. The van der Waals surface area contributed by atoms with Gasteiger partial charge in [0.1, 0.15) is 11.5 Å². The van der Waals surface area contributed by atoms with Gasteiger partial charge >= 0.3 is 6.61 Å². The van der Waals surface area contributed by atoms with Crippen molar-refractivity contribution < 1.29 is 23.0 Å². The van der Waals surface area contributed by atoms with Crippen LogP contribution < -0.4 is 14.8 Å². The minimum Gasteiger partial charge on any atom is -0.497 e. The van der Waals surface area contributed by atoms with Crippen LogP contribution in [-0.2, 0) is 11.2 Å². The molecule has 0 aliphatic rings. The third kappa shape index (κ3) is 5.58. The molecule has 2 rings (SSSR count). The summed E-state index contributed by atoms with van der Waals surface area (Å²) in [5.41, 5.74) is 1.56. The first-order valence-corrected chi connectivity index (χ1v) is 7.04. The summed E-state index contributed by atoms with van der Waals surface area (Å²) in [5, 5.41) is 2.71. The van der Waals surface area contributed by atoms with Crippen molar-refractivity contribution in [3.8, 4) is 11.5 Å². The minimum absolute atomic E-state index is 0.0521. The number of methoxy groups -OCH3 is 1. The van der Waals surface area contributed by atoms with Crippen LogP contribution in [0.4, 0.5) is 14.5 Å². The molecule has 0 aliphatic carbocycles. The van der Waals surface area contributed by atoms with E-state index in [9.17, 15) is 13.6 Å². The van der Waals surface area contributed by atoms with Gasteiger partial charge in [-0.15, -0.1) is 0 Å². The number of carbonyl (C=O) groups is 1. The predicted octanol–water partition coefficient (Wildman–Crippen LogP) is 3.87. The summed E-state index contributed by atoms with van der Waals surface area (Å²) in [6, 6.07) is 13.3. The van der Waals surface area contributed by atoms with Gasteiger partial charge in [-0.2, -0.15) is 8.78 Å². The van der Waals surface area contributed by atoms with Crippen molar-refractivity contribution in [2.75, 3.05) is 12.4 Å². The molecule has 0 fully saturated rings. The van der Waals surface area contributed by atoms with Crippen LogP contribution in [0.5, 0.6) is 11.5 Å². The minimum atomic E-state index is -2.86. The van der Waals surface area contributed by atoms with Crippen molar-refractivity contribution in [2.45, 2.75) is 19.5 Å². The molecule has 0 atom stereocenters. The average Bonchev–Trinajstić information content (AvgIpc) is 2.55. The van der Waals surface area contributed by atoms with Crippen LogP contribution in [0, 0.1) is 0 Å². The van der Waals surface area contributed by atoms with Gasteiger partial charge in [-0.05, 0) is 48.4 Å². The summed E-state index contributed by atoms with van der Waals surface area (Å²) >= 11 is 0. The number of anilines is 1. The molecule has 6 heteroatoms. The highest BCUT2D eigenvalue weighted by Crippen LogP contribution is 2.18. The second kappa shape index (κ2) is 8.12. The lowest BCUT2D eigenvalue weighted by Gasteiger charge is -2.08. The molecular formula is C17H17F2NO3. The Hall–Kier alpha value is -2.63. The van der Waals surface area contributed by atoms with Crippen LogP contribution >= 0.6 is 0 Å². The maximum atomic E-state index is 12.0. The van der Waals surface area contributed by atoms with Crippen LogP contribution in [0.3, 0.4) is 0 Å². The molecule has 2 aromatic rings. The SMILES string of the molecule is COc1ccc(CCC(=O)Nc2ccc(OC(F)F)cc2)cc1. The first-order chi connectivity index (χ1) is 11.1. The number of carbonyl (C=O) groups excluding carboxylic acids is 1. The third-order valence-corrected chi connectivity index (χ3v) is 3.16. The van der Waals surface area contributed by atoms with Crippen LogP contribution in [0.15, 0.2) is 48.5 Å². The molecule has 0 bridgehead atoms. The van der Waals surface area contributed by atoms with Crippen LogP contribution in [0.2, 0.25) is 0 Å². The number of nitrogens with one attached hydrogen (secondary N) is 1. The Morgan fingerprint density at radius 2 is 1.65 bits per heavy atom. The molecule has 0 heterocycles. The van der Waals surface area contributed by atoms with Gasteiger partial charge in [-0.1, -0.05) is 12.1 Å². The number of amides is 1. The predicted molar refractivity (Wildman–Crippen MR) is 83.0 cm³/mol. The Morgan fingerprint density at radius 3 is 2.22 bits per heavy atom. The van der Waals surface area contributed by atoms with Crippen LogP contribution in [-0.4, -0.2) is 19.6 Å². The largest absolute Gasteiger partial charge is 0.497 e. The summed E-state index contributed by atoms with van der Waals surface area (Å²) in [7, 11) is 1.60. The Labute approximate surface area is 133 Å². The number of aryl methyl sites for hydroxylation is 1. The van der Waals surface area contributed by atoms with Gasteiger partial charge in [0, 0.05) is 12.1 Å². The molecule has 1 amide bonds. The number of hydrogen-bond acceptors (Lipinski definition) is 3. The van der Waals surface area contributed by atoms with Crippen LogP contribution in [0.25, 0.3) is 0 Å². The van der Waals surface area contributed by atoms with Crippen LogP contribution in [0.1, 0.15) is 12.0 Å². The average molecular weight is 321 g/mol. The smallest absolute Gasteiger partial charge is 0.387 e. The van der Waals surface area contributed by atoms with Crippen molar-refractivity contribution in [1.29, 1.82) is 0 Å². The van der Waals surface area contributed by atoms with E-state index < -0.39 is 6.61 Å². The zero-order valence-corrected chi connectivity index (χ0v) is 12.6. The summed E-state index contributed by atoms with van der Waals surface area (Å²) in [6.45, 7) is -2.86. The van der Waals surface area contributed by atoms with E-state index in [1.54, 1.807) is 7.11 Å². The maximum Gasteiger partial charge on any atom is 0.387 e. The standard InChI is InChI=1S/C17H17F2NO3/c1-22-14-7-2-12(3-8-14)4-11-16(21)20-13-5-9-15(10-6-13)23-17(18)19/h2-3,5-10,17H,4,11H2,1H3,(H,20,21). The fourth-order valence-electron chi connectivity index (χ4n) is 1.99. The second-order valence-electron chi connectivity index (χ2n) is 4.80. The van der Waals surface area contributed by atoms with Gasteiger partial charge < -0.3 is 14.8 Å². The molecule has 4 nitrogen and oxygen atoms in total.